The summed E-state index contributed by atoms with van der Waals surface area (Å²) in [4.78, 5) is 18.6. The molecule has 3 rings (SSSR count). The Labute approximate surface area is 187 Å². The first-order valence-corrected chi connectivity index (χ1v) is 10.9. The van der Waals surface area contributed by atoms with E-state index in [1.54, 1.807) is 41.6 Å². The Morgan fingerprint density at radius 2 is 2.03 bits per heavy atom. The predicted octanol–water partition coefficient (Wildman–Crippen LogP) is 2.87. The number of nitrogens with zero attached hydrogens (tertiary/aromatic N) is 4. The van der Waals surface area contributed by atoms with Crippen LogP contribution in [-0.2, 0) is 13.0 Å². The molecule has 2 aromatic rings. The highest BCUT2D eigenvalue weighted by atomic mass is 19.3. The Kier molecular flexibility index (Phi) is 7.18. The lowest BCUT2D eigenvalue weighted by Crippen LogP contribution is -2.43. The second-order valence-corrected chi connectivity index (χ2v) is 8.41. The number of allylic oxidation sites excluding steroid dienone is 1. The van der Waals surface area contributed by atoms with Gasteiger partial charge >= 0.3 is 0 Å². The molecule has 0 unspecified atom stereocenters. The molecule has 0 amide bonds. The molecule has 0 saturated carbocycles. The summed E-state index contributed by atoms with van der Waals surface area (Å²) >= 11 is 0. The van der Waals surface area contributed by atoms with Crippen molar-refractivity contribution in [2.45, 2.75) is 52.0 Å². The predicted molar refractivity (Wildman–Crippen MR) is 123 cm³/mol. The van der Waals surface area contributed by atoms with E-state index < -0.39 is 5.92 Å². The monoisotopic (exact) mass is 446 g/mol. The number of alkyl halides is 2. The molecule has 2 aromatic heterocycles. The first-order chi connectivity index (χ1) is 15.1. The molecule has 32 heavy (non-hydrogen) atoms. The van der Waals surface area contributed by atoms with Crippen LogP contribution in [0.2, 0.25) is 0 Å². The number of likely N-dealkylation sites (N-methyl/N-ethyl adjacent to an activating group) is 1. The van der Waals surface area contributed by atoms with Crippen molar-refractivity contribution in [2.75, 3.05) is 25.0 Å². The minimum absolute atomic E-state index is 0.0885. The Balaban J connectivity index is 1.92. The van der Waals surface area contributed by atoms with E-state index >= 15 is 0 Å². The molecule has 4 N–H and O–H groups in total. The molecule has 0 atom stereocenters. The summed E-state index contributed by atoms with van der Waals surface area (Å²) in [6.45, 7) is 4.30. The molecule has 0 spiro atoms. The fraction of sp³-hybridized carbons (Fsp3) is 0.478. The van der Waals surface area contributed by atoms with Gasteiger partial charge in [0.2, 0.25) is 0 Å². The van der Waals surface area contributed by atoms with Crippen LogP contribution in [-0.4, -0.2) is 40.6 Å². The standard InChI is InChI=1S/C23H32F2N6O/c1-4-6-17-7-10-21(32)31(13-17)14-20(29(3)27)22(26)18-8-9-19(16(2)28-18)30-12-5-11-23(24,25)15-30/h7-10,13H,4-6,11-12,14-15,26-27H2,1-3H3/b22-20-. The first kappa shape index (κ1) is 23.7. The van der Waals surface area contributed by atoms with Gasteiger partial charge in [0, 0.05) is 32.3 Å². The maximum Gasteiger partial charge on any atom is 0.265 e. The zero-order valence-corrected chi connectivity index (χ0v) is 18.9. The number of hydrazine groups is 1. The lowest BCUT2D eigenvalue weighted by Gasteiger charge is -2.34. The highest BCUT2D eigenvalue weighted by Crippen LogP contribution is 2.31. The van der Waals surface area contributed by atoms with E-state index in [9.17, 15) is 13.6 Å². The molecule has 9 heteroatoms. The quantitative estimate of drug-likeness (QED) is 0.502. The average molecular weight is 447 g/mol. The maximum absolute atomic E-state index is 13.9. The normalized spacial score (nSPS) is 16.6. The van der Waals surface area contributed by atoms with Gasteiger partial charge in [0.25, 0.3) is 11.5 Å². The van der Waals surface area contributed by atoms with Crippen LogP contribution < -0.4 is 22.0 Å². The molecular formula is C23H32F2N6O. The van der Waals surface area contributed by atoms with Crippen LogP contribution in [0.3, 0.4) is 0 Å². The van der Waals surface area contributed by atoms with Gasteiger partial charge in [0.05, 0.1) is 41.6 Å². The zero-order chi connectivity index (χ0) is 23.5. The van der Waals surface area contributed by atoms with Crippen molar-refractivity contribution in [1.29, 1.82) is 0 Å². The van der Waals surface area contributed by atoms with E-state index in [4.69, 9.17) is 11.6 Å². The van der Waals surface area contributed by atoms with Crippen LogP contribution in [0.5, 0.6) is 0 Å². The molecule has 174 valence electrons. The van der Waals surface area contributed by atoms with Crippen molar-refractivity contribution in [3.8, 4) is 0 Å². The second-order valence-electron chi connectivity index (χ2n) is 8.41. The number of aromatic nitrogens is 2. The molecule has 1 aliphatic heterocycles. The highest BCUT2D eigenvalue weighted by Gasteiger charge is 2.35. The molecule has 1 aliphatic rings. The molecule has 3 heterocycles. The van der Waals surface area contributed by atoms with E-state index in [1.807, 2.05) is 12.3 Å². The van der Waals surface area contributed by atoms with Crippen LogP contribution in [0.1, 0.15) is 43.1 Å². The third kappa shape index (κ3) is 5.45. The molecule has 7 nitrogen and oxygen atoms in total. The van der Waals surface area contributed by atoms with Crippen molar-refractivity contribution >= 4 is 11.4 Å². The molecule has 0 aromatic carbocycles. The number of anilines is 1. The van der Waals surface area contributed by atoms with Gasteiger partial charge in [0.15, 0.2) is 0 Å². The number of halogens is 2. The number of aryl methyl sites for hydroxylation is 2. The van der Waals surface area contributed by atoms with E-state index in [0.717, 1.165) is 18.4 Å². The Morgan fingerprint density at radius 3 is 2.66 bits per heavy atom. The smallest absolute Gasteiger partial charge is 0.265 e. The number of hydrogen-bond acceptors (Lipinski definition) is 6. The molecular weight excluding hydrogens is 414 g/mol. The molecule has 1 fully saturated rings. The van der Waals surface area contributed by atoms with Crippen molar-refractivity contribution in [1.82, 2.24) is 14.6 Å². The summed E-state index contributed by atoms with van der Waals surface area (Å²) in [5.74, 6) is 3.35. The van der Waals surface area contributed by atoms with Gasteiger partial charge in [-0.15, -0.1) is 0 Å². The van der Waals surface area contributed by atoms with Gasteiger partial charge in [-0.05, 0) is 37.5 Å². The van der Waals surface area contributed by atoms with Crippen LogP contribution in [0.4, 0.5) is 14.5 Å². The van der Waals surface area contributed by atoms with Crippen molar-refractivity contribution in [3.63, 3.8) is 0 Å². The van der Waals surface area contributed by atoms with Gasteiger partial charge in [-0.3, -0.25) is 4.79 Å². The minimum atomic E-state index is -2.70. The summed E-state index contributed by atoms with van der Waals surface area (Å²) in [6.07, 6.45) is 4.00. The molecule has 0 aliphatic carbocycles. The SMILES string of the molecule is CCCc1ccc(=O)n(C/C(=C(/N)c2ccc(N3CCCC(F)(F)C3)c(C)n2)N(C)N)c1. The van der Waals surface area contributed by atoms with Gasteiger partial charge in [-0.1, -0.05) is 19.4 Å². The Morgan fingerprint density at radius 1 is 1.28 bits per heavy atom. The largest absolute Gasteiger partial charge is 0.395 e. The van der Waals surface area contributed by atoms with Crippen molar-refractivity contribution in [3.05, 3.63) is 63.5 Å². The number of hydrogen-bond donors (Lipinski definition) is 2. The van der Waals surface area contributed by atoms with E-state index in [0.29, 0.717) is 41.4 Å². The lowest BCUT2D eigenvalue weighted by atomic mass is 10.1. The van der Waals surface area contributed by atoms with E-state index in [1.165, 1.54) is 5.01 Å². The van der Waals surface area contributed by atoms with Crippen molar-refractivity contribution in [2.24, 2.45) is 11.6 Å². The minimum Gasteiger partial charge on any atom is -0.395 e. The molecule has 0 radical (unpaired) electrons. The molecule has 1 saturated heterocycles. The van der Waals surface area contributed by atoms with E-state index in [2.05, 4.69) is 11.9 Å². The van der Waals surface area contributed by atoms with Crippen LogP contribution in [0.25, 0.3) is 5.70 Å². The number of nitrogens with two attached hydrogens (primary N) is 2. The third-order valence-electron chi connectivity index (χ3n) is 5.71. The summed E-state index contributed by atoms with van der Waals surface area (Å²) in [5, 5.41) is 1.38. The van der Waals surface area contributed by atoms with Crippen LogP contribution in [0.15, 0.2) is 41.0 Å². The Bertz CT molecular complexity index is 1050. The average Bonchev–Trinajstić information content (AvgIpc) is 2.72. The van der Waals surface area contributed by atoms with Gasteiger partial charge in [-0.25, -0.2) is 19.6 Å². The van der Waals surface area contributed by atoms with Crippen LogP contribution >= 0.6 is 0 Å². The van der Waals surface area contributed by atoms with Gasteiger partial charge < -0.3 is 20.2 Å². The maximum atomic E-state index is 13.9. The number of piperidine rings is 1. The number of pyridine rings is 2. The lowest BCUT2D eigenvalue weighted by molar-refractivity contribution is -0.0117. The van der Waals surface area contributed by atoms with Gasteiger partial charge in [0.1, 0.15) is 0 Å². The number of rotatable bonds is 7. The van der Waals surface area contributed by atoms with Gasteiger partial charge in [-0.2, -0.15) is 0 Å². The summed E-state index contributed by atoms with van der Waals surface area (Å²) in [6, 6.07) is 6.86. The Hall–Kier alpha value is -2.94. The zero-order valence-electron chi connectivity index (χ0n) is 18.9. The third-order valence-corrected chi connectivity index (χ3v) is 5.71. The van der Waals surface area contributed by atoms with Crippen molar-refractivity contribution < 1.29 is 8.78 Å². The first-order valence-electron chi connectivity index (χ1n) is 10.9. The molecule has 0 bridgehead atoms. The van der Waals surface area contributed by atoms with Crippen LogP contribution in [0, 0.1) is 6.92 Å². The summed E-state index contributed by atoms with van der Waals surface area (Å²) < 4.78 is 29.3. The fourth-order valence-electron chi connectivity index (χ4n) is 4.05. The topological polar surface area (TPSA) is 93.4 Å². The highest BCUT2D eigenvalue weighted by molar-refractivity contribution is 5.65. The fourth-order valence-corrected chi connectivity index (χ4v) is 4.05. The van der Waals surface area contributed by atoms with E-state index in [-0.39, 0.29) is 25.1 Å². The summed E-state index contributed by atoms with van der Waals surface area (Å²) in [7, 11) is 1.65. The second kappa shape index (κ2) is 9.68. The summed E-state index contributed by atoms with van der Waals surface area (Å²) in [5.41, 5.74) is 9.97.